The second-order valence-electron chi connectivity index (χ2n) is 5.54. The molecule has 6 heteroatoms. The van der Waals surface area contributed by atoms with E-state index < -0.39 is 4.92 Å². The molecule has 1 aromatic carbocycles. The van der Waals surface area contributed by atoms with Crippen LogP contribution >= 0.6 is 11.6 Å². The van der Waals surface area contributed by atoms with Crippen molar-refractivity contribution in [2.45, 2.75) is 26.8 Å². The van der Waals surface area contributed by atoms with E-state index in [0.29, 0.717) is 18.2 Å². The highest BCUT2D eigenvalue weighted by Gasteiger charge is 2.17. The molecule has 1 N–H and O–H groups in total. The predicted octanol–water partition coefficient (Wildman–Crippen LogP) is 3.40. The summed E-state index contributed by atoms with van der Waals surface area (Å²) in [7, 11) is 1.69. The third-order valence-corrected chi connectivity index (χ3v) is 3.51. The topological polar surface area (TPSA) is 64.4 Å². The predicted molar refractivity (Wildman–Crippen MR) is 80.1 cm³/mol. The Hall–Kier alpha value is -1.17. The SMILES string of the molecule is COCCC(C)(C)CNCc1cc([N+](=O)[O-])ccc1Cl. The summed E-state index contributed by atoms with van der Waals surface area (Å²) in [5, 5.41) is 14.6. The number of nitro groups is 1. The summed E-state index contributed by atoms with van der Waals surface area (Å²) in [6, 6.07) is 4.48. The lowest BCUT2D eigenvalue weighted by Crippen LogP contribution is -2.30. The third kappa shape index (κ3) is 5.45. The van der Waals surface area contributed by atoms with Crippen molar-refractivity contribution in [2.75, 3.05) is 20.3 Å². The number of nitro benzene ring substituents is 1. The molecule has 0 radical (unpaired) electrons. The van der Waals surface area contributed by atoms with Crippen LogP contribution in [-0.4, -0.2) is 25.2 Å². The van der Waals surface area contributed by atoms with Crippen LogP contribution in [-0.2, 0) is 11.3 Å². The van der Waals surface area contributed by atoms with Crippen LogP contribution in [0, 0.1) is 15.5 Å². The lowest BCUT2D eigenvalue weighted by Gasteiger charge is -2.24. The highest BCUT2D eigenvalue weighted by molar-refractivity contribution is 6.31. The van der Waals surface area contributed by atoms with E-state index >= 15 is 0 Å². The molecule has 0 amide bonds. The van der Waals surface area contributed by atoms with Crippen molar-refractivity contribution in [3.63, 3.8) is 0 Å². The number of halogens is 1. The monoisotopic (exact) mass is 300 g/mol. The summed E-state index contributed by atoms with van der Waals surface area (Å²) >= 11 is 6.05. The van der Waals surface area contributed by atoms with Crippen LogP contribution in [0.2, 0.25) is 5.02 Å². The standard InChI is InChI=1S/C14H21ClN2O3/c1-14(2,6-7-20-3)10-16-9-11-8-12(17(18)19)4-5-13(11)15/h4-5,8,16H,6-7,9-10H2,1-3H3. The molecule has 0 atom stereocenters. The van der Waals surface area contributed by atoms with Gasteiger partial charge in [-0.05, 0) is 23.5 Å². The zero-order chi connectivity index (χ0) is 15.2. The lowest BCUT2D eigenvalue weighted by molar-refractivity contribution is -0.384. The average Bonchev–Trinajstić information content (AvgIpc) is 2.38. The molecule has 112 valence electrons. The average molecular weight is 301 g/mol. The van der Waals surface area contributed by atoms with Crippen molar-refractivity contribution in [1.82, 2.24) is 5.32 Å². The summed E-state index contributed by atoms with van der Waals surface area (Å²) in [4.78, 5) is 10.3. The van der Waals surface area contributed by atoms with Crippen LogP contribution in [0.3, 0.4) is 0 Å². The largest absolute Gasteiger partial charge is 0.385 e. The Bertz CT molecular complexity index is 464. The normalized spacial score (nSPS) is 11.6. The zero-order valence-corrected chi connectivity index (χ0v) is 12.9. The summed E-state index contributed by atoms with van der Waals surface area (Å²) in [5.41, 5.74) is 0.900. The van der Waals surface area contributed by atoms with Gasteiger partial charge >= 0.3 is 0 Å². The van der Waals surface area contributed by atoms with Gasteiger partial charge in [-0.1, -0.05) is 25.4 Å². The van der Waals surface area contributed by atoms with E-state index in [9.17, 15) is 10.1 Å². The van der Waals surface area contributed by atoms with Gasteiger partial charge in [0, 0.05) is 44.0 Å². The van der Waals surface area contributed by atoms with E-state index in [1.807, 2.05) is 0 Å². The molecule has 0 aliphatic carbocycles. The second kappa shape index (κ2) is 7.57. The highest BCUT2D eigenvalue weighted by atomic mass is 35.5. The van der Waals surface area contributed by atoms with E-state index in [1.165, 1.54) is 12.1 Å². The number of methoxy groups -OCH3 is 1. The fraction of sp³-hybridized carbons (Fsp3) is 0.571. The molecular weight excluding hydrogens is 280 g/mol. The van der Waals surface area contributed by atoms with Gasteiger partial charge in [0.2, 0.25) is 0 Å². The van der Waals surface area contributed by atoms with Crippen LogP contribution in [0.5, 0.6) is 0 Å². The third-order valence-electron chi connectivity index (χ3n) is 3.14. The van der Waals surface area contributed by atoms with Gasteiger partial charge in [-0.15, -0.1) is 0 Å². The lowest BCUT2D eigenvalue weighted by atomic mass is 9.89. The number of hydrogen-bond donors (Lipinski definition) is 1. The van der Waals surface area contributed by atoms with Gasteiger partial charge in [-0.2, -0.15) is 0 Å². The molecule has 0 fully saturated rings. The van der Waals surface area contributed by atoms with Gasteiger partial charge in [-0.3, -0.25) is 10.1 Å². The van der Waals surface area contributed by atoms with Crippen LogP contribution in [0.4, 0.5) is 5.69 Å². The van der Waals surface area contributed by atoms with Gasteiger partial charge in [0.1, 0.15) is 0 Å². The summed E-state index contributed by atoms with van der Waals surface area (Å²) in [5.74, 6) is 0. The van der Waals surface area contributed by atoms with Crippen molar-refractivity contribution in [3.8, 4) is 0 Å². The molecule has 1 aromatic rings. The number of nitrogens with one attached hydrogen (secondary N) is 1. The number of nitrogens with zero attached hydrogens (tertiary/aromatic N) is 1. The van der Waals surface area contributed by atoms with Gasteiger partial charge in [0.15, 0.2) is 0 Å². The fourth-order valence-corrected chi connectivity index (χ4v) is 2.00. The first-order valence-electron chi connectivity index (χ1n) is 6.48. The summed E-state index contributed by atoms with van der Waals surface area (Å²) in [6.07, 6.45) is 0.944. The molecule has 5 nitrogen and oxygen atoms in total. The molecule has 0 heterocycles. The molecule has 0 aliphatic heterocycles. The summed E-state index contributed by atoms with van der Waals surface area (Å²) < 4.78 is 5.08. The highest BCUT2D eigenvalue weighted by Crippen LogP contribution is 2.23. The molecule has 0 spiro atoms. The van der Waals surface area contributed by atoms with Crippen LogP contribution < -0.4 is 5.32 Å². The summed E-state index contributed by atoms with van der Waals surface area (Å²) in [6.45, 7) is 6.31. The first-order chi connectivity index (χ1) is 9.35. The smallest absolute Gasteiger partial charge is 0.269 e. The minimum Gasteiger partial charge on any atom is -0.385 e. The Morgan fingerprint density at radius 1 is 1.45 bits per heavy atom. The Morgan fingerprint density at radius 2 is 2.15 bits per heavy atom. The first-order valence-corrected chi connectivity index (χ1v) is 6.86. The van der Waals surface area contributed by atoms with Crippen molar-refractivity contribution in [3.05, 3.63) is 38.9 Å². The number of rotatable bonds is 8. The molecule has 0 aliphatic rings. The van der Waals surface area contributed by atoms with Crippen molar-refractivity contribution >= 4 is 17.3 Å². The van der Waals surface area contributed by atoms with Crippen molar-refractivity contribution in [1.29, 1.82) is 0 Å². The fourth-order valence-electron chi connectivity index (χ4n) is 1.81. The van der Waals surface area contributed by atoms with E-state index in [2.05, 4.69) is 19.2 Å². The first kappa shape index (κ1) is 16.9. The molecule has 0 unspecified atom stereocenters. The quantitative estimate of drug-likeness (QED) is 0.590. The van der Waals surface area contributed by atoms with E-state index in [1.54, 1.807) is 13.2 Å². The van der Waals surface area contributed by atoms with Crippen LogP contribution in [0.1, 0.15) is 25.8 Å². The Kier molecular flexibility index (Phi) is 6.39. The van der Waals surface area contributed by atoms with Gasteiger partial charge in [-0.25, -0.2) is 0 Å². The van der Waals surface area contributed by atoms with Gasteiger partial charge in [0.25, 0.3) is 5.69 Å². The molecule has 20 heavy (non-hydrogen) atoms. The second-order valence-corrected chi connectivity index (χ2v) is 5.95. The minimum atomic E-state index is -0.414. The van der Waals surface area contributed by atoms with Gasteiger partial charge < -0.3 is 10.1 Å². The number of benzene rings is 1. The molecule has 0 aromatic heterocycles. The number of hydrogen-bond acceptors (Lipinski definition) is 4. The Labute approximate surface area is 124 Å². The molecule has 0 saturated carbocycles. The van der Waals surface area contributed by atoms with E-state index in [0.717, 1.165) is 18.5 Å². The Morgan fingerprint density at radius 3 is 2.75 bits per heavy atom. The minimum absolute atomic E-state index is 0.0600. The maximum atomic E-state index is 10.7. The molecule has 1 rings (SSSR count). The molecule has 0 bridgehead atoms. The Balaban J connectivity index is 2.57. The maximum absolute atomic E-state index is 10.7. The van der Waals surface area contributed by atoms with Crippen LogP contribution in [0.15, 0.2) is 18.2 Å². The van der Waals surface area contributed by atoms with E-state index in [4.69, 9.17) is 16.3 Å². The zero-order valence-electron chi connectivity index (χ0n) is 12.1. The number of ether oxygens (including phenoxy) is 1. The maximum Gasteiger partial charge on any atom is 0.269 e. The van der Waals surface area contributed by atoms with Gasteiger partial charge in [0.05, 0.1) is 4.92 Å². The van der Waals surface area contributed by atoms with Crippen molar-refractivity contribution < 1.29 is 9.66 Å². The van der Waals surface area contributed by atoms with E-state index in [-0.39, 0.29) is 11.1 Å². The number of non-ortho nitro benzene ring substituents is 1. The van der Waals surface area contributed by atoms with Crippen molar-refractivity contribution in [2.24, 2.45) is 5.41 Å². The molecular formula is C14H21ClN2O3. The molecule has 0 saturated heterocycles. The van der Waals surface area contributed by atoms with Crippen LogP contribution in [0.25, 0.3) is 0 Å².